The molecule has 0 heterocycles. The number of hydrogen-bond donors (Lipinski definition) is 5. The summed E-state index contributed by atoms with van der Waals surface area (Å²) in [7, 11) is 0. The third kappa shape index (κ3) is 4.92. The highest BCUT2D eigenvalue weighted by atomic mass is 79.9. The second-order valence-corrected chi connectivity index (χ2v) is 5.80. The van der Waals surface area contributed by atoms with Gasteiger partial charge in [-0.3, -0.25) is 0 Å². The molecule has 128 valence electrons. The van der Waals surface area contributed by atoms with Crippen molar-refractivity contribution in [3.05, 3.63) is 52.3 Å². The van der Waals surface area contributed by atoms with Crippen molar-refractivity contribution >= 4 is 39.0 Å². The normalized spacial score (nSPS) is 10.3. The van der Waals surface area contributed by atoms with E-state index >= 15 is 0 Å². The Labute approximate surface area is 147 Å². The number of rotatable bonds is 6. The number of nitrogens with one attached hydrogen (secondary N) is 3. The van der Waals surface area contributed by atoms with E-state index in [1.807, 2.05) is 0 Å². The Hall–Kier alpha value is -2.16. The summed E-state index contributed by atoms with van der Waals surface area (Å²) in [6.45, 7) is 0.670. The lowest BCUT2D eigenvalue weighted by Gasteiger charge is -2.13. The maximum Gasteiger partial charge on any atom is 0.323 e. The number of nitrogens with two attached hydrogens (primary N) is 1. The van der Waals surface area contributed by atoms with Crippen molar-refractivity contribution in [3.8, 4) is 0 Å². The summed E-state index contributed by atoms with van der Waals surface area (Å²) in [4.78, 5) is 12.1. The smallest absolute Gasteiger partial charge is 0.323 e. The third-order valence-electron chi connectivity index (χ3n) is 3.15. The minimum absolute atomic E-state index is 0.232. The predicted molar refractivity (Wildman–Crippen MR) is 96.7 cm³/mol. The summed E-state index contributed by atoms with van der Waals surface area (Å²) in [5.41, 5.74) is 7.23. The molecule has 0 fully saturated rings. The van der Waals surface area contributed by atoms with Crippen LogP contribution in [0, 0.1) is 5.82 Å². The zero-order valence-corrected chi connectivity index (χ0v) is 14.4. The molecule has 6 nitrogen and oxygen atoms in total. The molecule has 0 atom stereocenters. The molecule has 24 heavy (non-hydrogen) atoms. The first-order valence-corrected chi connectivity index (χ1v) is 8.03. The van der Waals surface area contributed by atoms with Gasteiger partial charge in [0, 0.05) is 40.2 Å². The van der Waals surface area contributed by atoms with Crippen LogP contribution in [0.15, 0.2) is 40.9 Å². The summed E-state index contributed by atoms with van der Waals surface area (Å²) in [5.74, 6) is -0.481. The Morgan fingerprint density at radius 1 is 1.21 bits per heavy atom. The molecule has 2 aromatic rings. The number of hydrogen-bond acceptors (Lipinski definition) is 4. The average molecular weight is 397 g/mol. The first-order valence-electron chi connectivity index (χ1n) is 7.24. The molecule has 0 aliphatic carbocycles. The number of aliphatic hydroxyl groups is 1. The van der Waals surface area contributed by atoms with Crippen LogP contribution < -0.4 is 21.7 Å². The Kier molecular flexibility index (Phi) is 6.53. The highest BCUT2D eigenvalue weighted by Crippen LogP contribution is 2.25. The van der Waals surface area contributed by atoms with Crippen LogP contribution in [0.4, 0.5) is 26.2 Å². The molecule has 0 bridgehead atoms. The zero-order valence-electron chi connectivity index (χ0n) is 12.8. The Bertz CT molecular complexity index is 727. The topological polar surface area (TPSA) is 99.4 Å². The van der Waals surface area contributed by atoms with E-state index in [-0.39, 0.29) is 6.61 Å². The molecule has 0 radical (unpaired) electrons. The van der Waals surface area contributed by atoms with Crippen molar-refractivity contribution in [2.45, 2.75) is 6.61 Å². The largest absolute Gasteiger partial charge is 0.392 e. The number of anilines is 3. The summed E-state index contributed by atoms with van der Waals surface area (Å²) in [6.07, 6.45) is 0. The molecule has 2 rings (SSSR count). The van der Waals surface area contributed by atoms with E-state index < -0.39 is 11.8 Å². The zero-order chi connectivity index (χ0) is 17.5. The molecular weight excluding hydrogens is 379 g/mol. The summed E-state index contributed by atoms with van der Waals surface area (Å²) in [5, 5.41) is 17.5. The van der Waals surface area contributed by atoms with Gasteiger partial charge in [0.15, 0.2) is 0 Å². The molecule has 6 N–H and O–H groups in total. The molecule has 0 aliphatic rings. The standard InChI is InChI=1S/C16H18BrFN4O2/c17-14-2-1-3-15(13(14)9-23)22-16(24)21-12-7-10(18)6-11(8-12)20-5-4-19/h1-3,6-8,20,23H,4-5,9,19H2,(H2,21,22,24). The lowest BCUT2D eigenvalue weighted by molar-refractivity contribution is 0.262. The molecule has 0 aliphatic heterocycles. The molecular formula is C16H18BrFN4O2. The van der Waals surface area contributed by atoms with Crippen LogP contribution in [0.1, 0.15) is 5.56 Å². The van der Waals surface area contributed by atoms with Crippen LogP contribution in [0.5, 0.6) is 0 Å². The van der Waals surface area contributed by atoms with Crippen LogP contribution in [0.25, 0.3) is 0 Å². The lowest BCUT2D eigenvalue weighted by atomic mass is 10.2. The van der Waals surface area contributed by atoms with Crippen molar-refractivity contribution in [1.82, 2.24) is 0 Å². The van der Waals surface area contributed by atoms with Gasteiger partial charge in [0.25, 0.3) is 0 Å². The van der Waals surface area contributed by atoms with E-state index in [0.717, 1.165) is 0 Å². The summed E-state index contributed by atoms with van der Waals surface area (Å²) < 4.78 is 14.3. The third-order valence-corrected chi connectivity index (χ3v) is 3.90. The van der Waals surface area contributed by atoms with Gasteiger partial charge in [-0.25, -0.2) is 9.18 Å². The number of urea groups is 1. The van der Waals surface area contributed by atoms with E-state index in [4.69, 9.17) is 5.73 Å². The van der Waals surface area contributed by atoms with Crippen molar-refractivity contribution < 1.29 is 14.3 Å². The van der Waals surface area contributed by atoms with Crippen molar-refractivity contribution in [1.29, 1.82) is 0 Å². The summed E-state index contributed by atoms with van der Waals surface area (Å²) in [6, 6.07) is 8.74. The monoisotopic (exact) mass is 396 g/mol. The lowest BCUT2D eigenvalue weighted by Crippen LogP contribution is -2.20. The van der Waals surface area contributed by atoms with Crippen LogP contribution in [-0.4, -0.2) is 24.2 Å². The fraction of sp³-hybridized carbons (Fsp3) is 0.188. The number of halogens is 2. The molecule has 0 saturated heterocycles. The highest BCUT2D eigenvalue weighted by Gasteiger charge is 2.10. The predicted octanol–water partition coefficient (Wildman–Crippen LogP) is 3.10. The second-order valence-electron chi connectivity index (χ2n) is 4.95. The van der Waals surface area contributed by atoms with Gasteiger partial charge in [0.2, 0.25) is 0 Å². The molecule has 2 aromatic carbocycles. The van der Waals surface area contributed by atoms with Gasteiger partial charge in [-0.1, -0.05) is 22.0 Å². The Balaban J connectivity index is 2.10. The number of amides is 2. The van der Waals surface area contributed by atoms with E-state index in [1.165, 1.54) is 12.1 Å². The molecule has 0 saturated carbocycles. The van der Waals surface area contributed by atoms with E-state index in [0.29, 0.717) is 40.2 Å². The van der Waals surface area contributed by atoms with E-state index in [9.17, 15) is 14.3 Å². The van der Waals surface area contributed by atoms with E-state index in [1.54, 1.807) is 24.3 Å². The number of carbonyl (C=O) groups excluding carboxylic acids is 1. The van der Waals surface area contributed by atoms with Gasteiger partial charge in [-0.05, 0) is 30.3 Å². The van der Waals surface area contributed by atoms with Crippen LogP contribution >= 0.6 is 15.9 Å². The van der Waals surface area contributed by atoms with Crippen molar-refractivity contribution in [3.63, 3.8) is 0 Å². The van der Waals surface area contributed by atoms with Gasteiger partial charge in [0.1, 0.15) is 5.82 Å². The van der Waals surface area contributed by atoms with Crippen LogP contribution in [0.2, 0.25) is 0 Å². The van der Waals surface area contributed by atoms with Gasteiger partial charge >= 0.3 is 6.03 Å². The van der Waals surface area contributed by atoms with Crippen molar-refractivity contribution in [2.24, 2.45) is 5.73 Å². The minimum Gasteiger partial charge on any atom is -0.392 e. The second kappa shape index (κ2) is 8.62. The van der Waals surface area contributed by atoms with Crippen molar-refractivity contribution in [2.75, 3.05) is 29.0 Å². The van der Waals surface area contributed by atoms with Gasteiger partial charge < -0.3 is 26.8 Å². The van der Waals surface area contributed by atoms with Crippen LogP contribution in [-0.2, 0) is 6.61 Å². The summed E-state index contributed by atoms with van der Waals surface area (Å²) >= 11 is 3.31. The molecule has 0 unspecified atom stereocenters. The fourth-order valence-electron chi connectivity index (χ4n) is 2.10. The first kappa shape index (κ1) is 18.2. The number of aliphatic hydroxyl groups excluding tert-OH is 1. The van der Waals surface area contributed by atoms with E-state index in [2.05, 4.69) is 31.9 Å². The van der Waals surface area contributed by atoms with Gasteiger partial charge in [0.05, 0.1) is 6.61 Å². The SMILES string of the molecule is NCCNc1cc(F)cc(NC(=O)Nc2cccc(Br)c2CO)c1. The van der Waals surface area contributed by atoms with Gasteiger partial charge in [-0.15, -0.1) is 0 Å². The molecule has 0 spiro atoms. The maximum absolute atomic E-state index is 13.6. The molecule has 0 aromatic heterocycles. The van der Waals surface area contributed by atoms with Gasteiger partial charge in [-0.2, -0.15) is 0 Å². The Morgan fingerprint density at radius 3 is 2.67 bits per heavy atom. The van der Waals surface area contributed by atoms with Crippen LogP contribution in [0.3, 0.4) is 0 Å². The Morgan fingerprint density at radius 2 is 1.96 bits per heavy atom. The first-order chi connectivity index (χ1) is 11.5. The number of benzene rings is 2. The molecule has 8 heteroatoms. The fourth-order valence-corrected chi connectivity index (χ4v) is 2.59. The average Bonchev–Trinajstić information content (AvgIpc) is 2.52. The maximum atomic E-state index is 13.6. The quantitative estimate of drug-likeness (QED) is 0.517. The molecule has 2 amide bonds. The minimum atomic E-state index is -0.543. The number of carbonyl (C=O) groups is 1. The highest BCUT2D eigenvalue weighted by molar-refractivity contribution is 9.10.